The minimum Gasteiger partial charge on any atom is -0.465 e. The van der Waals surface area contributed by atoms with Crippen LogP contribution in [0, 0.1) is 5.92 Å². The number of nitrogens with two attached hydrogens (primary N) is 1. The summed E-state index contributed by atoms with van der Waals surface area (Å²) >= 11 is 0. The highest BCUT2D eigenvalue weighted by Gasteiger charge is 2.43. The van der Waals surface area contributed by atoms with Crippen LogP contribution in [-0.2, 0) is 14.3 Å². The summed E-state index contributed by atoms with van der Waals surface area (Å²) in [5.74, 6) is 0.623. The molecule has 0 amide bonds. The molecule has 2 aliphatic rings. The van der Waals surface area contributed by atoms with E-state index in [1.54, 1.807) is 6.92 Å². The Labute approximate surface area is 103 Å². The van der Waals surface area contributed by atoms with Gasteiger partial charge in [0.05, 0.1) is 12.7 Å². The molecule has 4 nitrogen and oxygen atoms in total. The molecule has 2 unspecified atom stereocenters. The van der Waals surface area contributed by atoms with Crippen molar-refractivity contribution >= 4 is 5.97 Å². The maximum Gasteiger partial charge on any atom is 0.326 e. The average molecular weight is 241 g/mol. The number of carbonyl (C=O) groups is 1. The van der Waals surface area contributed by atoms with Crippen LogP contribution >= 0.6 is 0 Å². The molecule has 0 bridgehead atoms. The van der Waals surface area contributed by atoms with Gasteiger partial charge in [-0.25, -0.2) is 0 Å². The van der Waals surface area contributed by atoms with E-state index in [9.17, 15) is 4.79 Å². The van der Waals surface area contributed by atoms with E-state index in [4.69, 9.17) is 15.2 Å². The molecule has 0 saturated heterocycles. The maximum absolute atomic E-state index is 11.7. The summed E-state index contributed by atoms with van der Waals surface area (Å²) in [5.41, 5.74) is 5.26. The Kier molecular flexibility index (Phi) is 4.05. The Morgan fingerprint density at radius 3 is 2.82 bits per heavy atom. The molecule has 2 atom stereocenters. The number of rotatable bonds is 6. The first-order valence-electron chi connectivity index (χ1n) is 6.72. The molecule has 4 heteroatoms. The Bertz CT molecular complexity index is 278. The summed E-state index contributed by atoms with van der Waals surface area (Å²) in [5, 5.41) is 0. The van der Waals surface area contributed by atoms with E-state index in [-0.39, 0.29) is 12.1 Å². The minimum absolute atomic E-state index is 0.142. The lowest BCUT2D eigenvalue weighted by Crippen LogP contribution is -2.47. The number of carbonyl (C=O) groups excluding carboxylic acids is 1. The van der Waals surface area contributed by atoms with Gasteiger partial charge in [-0.3, -0.25) is 4.79 Å². The third-order valence-electron chi connectivity index (χ3n) is 3.76. The van der Waals surface area contributed by atoms with Gasteiger partial charge in [0, 0.05) is 13.0 Å². The van der Waals surface area contributed by atoms with Gasteiger partial charge in [0.1, 0.15) is 5.54 Å². The molecule has 2 rings (SSSR count). The first-order chi connectivity index (χ1) is 8.14. The summed E-state index contributed by atoms with van der Waals surface area (Å²) < 4.78 is 10.8. The van der Waals surface area contributed by atoms with Crippen molar-refractivity contribution in [2.45, 2.75) is 57.1 Å². The minimum atomic E-state index is -0.805. The van der Waals surface area contributed by atoms with Crippen LogP contribution < -0.4 is 5.73 Å². The van der Waals surface area contributed by atoms with Gasteiger partial charge in [-0.1, -0.05) is 12.8 Å². The molecule has 17 heavy (non-hydrogen) atoms. The van der Waals surface area contributed by atoms with Gasteiger partial charge in [0.15, 0.2) is 0 Å². The zero-order valence-corrected chi connectivity index (χ0v) is 10.6. The standard InChI is InChI=1S/C13H23NO3/c1-2-16-12(15)13(14)7-5-11(9-13)17-8-6-10-3-4-10/h10-11H,2-9,14H2,1H3. The smallest absolute Gasteiger partial charge is 0.326 e. The molecule has 0 aromatic heterocycles. The van der Waals surface area contributed by atoms with E-state index in [2.05, 4.69) is 0 Å². The number of hydrogen-bond donors (Lipinski definition) is 1. The SMILES string of the molecule is CCOC(=O)C1(N)CCC(OCCC2CC2)C1. The molecular formula is C13H23NO3. The van der Waals surface area contributed by atoms with Gasteiger partial charge in [0.25, 0.3) is 0 Å². The first kappa shape index (κ1) is 12.8. The van der Waals surface area contributed by atoms with E-state index in [1.807, 2.05) is 0 Å². The second-order valence-electron chi connectivity index (χ2n) is 5.34. The lowest BCUT2D eigenvalue weighted by atomic mass is 9.99. The molecule has 2 fully saturated rings. The third kappa shape index (κ3) is 3.42. The van der Waals surface area contributed by atoms with Crippen molar-refractivity contribution in [3.63, 3.8) is 0 Å². The van der Waals surface area contributed by atoms with E-state index in [0.29, 0.717) is 19.4 Å². The molecule has 0 aliphatic heterocycles. The van der Waals surface area contributed by atoms with Crippen molar-refractivity contribution in [2.75, 3.05) is 13.2 Å². The van der Waals surface area contributed by atoms with E-state index < -0.39 is 5.54 Å². The van der Waals surface area contributed by atoms with Crippen molar-refractivity contribution in [1.82, 2.24) is 0 Å². The number of hydrogen-bond acceptors (Lipinski definition) is 4. The molecule has 0 aromatic carbocycles. The Morgan fingerprint density at radius 1 is 1.41 bits per heavy atom. The van der Waals surface area contributed by atoms with Crippen LogP contribution in [-0.4, -0.2) is 30.8 Å². The highest BCUT2D eigenvalue weighted by atomic mass is 16.5. The monoisotopic (exact) mass is 241 g/mol. The normalized spacial score (nSPS) is 32.7. The number of ether oxygens (including phenoxy) is 2. The average Bonchev–Trinajstić information content (AvgIpc) is 3.03. The van der Waals surface area contributed by atoms with Gasteiger partial charge in [-0.05, 0) is 32.1 Å². The highest BCUT2D eigenvalue weighted by molar-refractivity contribution is 5.81. The van der Waals surface area contributed by atoms with E-state index >= 15 is 0 Å². The lowest BCUT2D eigenvalue weighted by Gasteiger charge is -2.21. The first-order valence-corrected chi connectivity index (χ1v) is 6.72. The quantitative estimate of drug-likeness (QED) is 0.718. The number of esters is 1. The van der Waals surface area contributed by atoms with Gasteiger partial charge in [-0.15, -0.1) is 0 Å². The molecule has 2 N–H and O–H groups in total. The van der Waals surface area contributed by atoms with Crippen molar-refractivity contribution < 1.29 is 14.3 Å². The van der Waals surface area contributed by atoms with Crippen LogP contribution in [0.3, 0.4) is 0 Å². The summed E-state index contributed by atoms with van der Waals surface area (Å²) in [6.07, 6.45) is 6.18. The fraction of sp³-hybridized carbons (Fsp3) is 0.923. The zero-order valence-electron chi connectivity index (χ0n) is 10.6. The van der Waals surface area contributed by atoms with Gasteiger partial charge in [0.2, 0.25) is 0 Å². The molecular weight excluding hydrogens is 218 g/mol. The van der Waals surface area contributed by atoms with Crippen LogP contribution in [0.2, 0.25) is 0 Å². The summed E-state index contributed by atoms with van der Waals surface area (Å²) in [7, 11) is 0. The molecule has 0 aromatic rings. The maximum atomic E-state index is 11.7. The van der Waals surface area contributed by atoms with Crippen LogP contribution in [0.25, 0.3) is 0 Å². The molecule has 2 aliphatic carbocycles. The van der Waals surface area contributed by atoms with Gasteiger partial charge < -0.3 is 15.2 Å². The molecule has 0 spiro atoms. The van der Waals surface area contributed by atoms with E-state index in [1.165, 1.54) is 12.8 Å². The molecule has 0 heterocycles. The molecule has 0 radical (unpaired) electrons. The second-order valence-corrected chi connectivity index (χ2v) is 5.34. The summed E-state index contributed by atoms with van der Waals surface area (Å²) in [4.78, 5) is 11.7. The fourth-order valence-electron chi connectivity index (χ4n) is 2.44. The predicted molar refractivity (Wildman–Crippen MR) is 64.5 cm³/mol. The topological polar surface area (TPSA) is 61.5 Å². The zero-order chi connectivity index (χ0) is 12.3. The van der Waals surface area contributed by atoms with Crippen LogP contribution in [0.5, 0.6) is 0 Å². The Hall–Kier alpha value is -0.610. The van der Waals surface area contributed by atoms with Crippen LogP contribution in [0.4, 0.5) is 0 Å². The van der Waals surface area contributed by atoms with Gasteiger partial charge in [-0.2, -0.15) is 0 Å². The Balaban J connectivity index is 1.71. The van der Waals surface area contributed by atoms with Crippen molar-refractivity contribution in [3.8, 4) is 0 Å². The molecule has 98 valence electrons. The fourth-order valence-corrected chi connectivity index (χ4v) is 2.44. The third-order valence-corrected chi connectivity index (χ3v) is 3.76. The highest BCUT2D eigenvalue weighted by Crippen LogP contribution is 2.34. The second kappa shape index (κ2) is 5.36. The predicted octanol–water partition coefficient (Wildman–Crippen LogP) is 1.62. The van der Waals surface area contributed by atoms with E-state index in [0.717, 1.165) is 25.4 Å². The largest absolute Gasteiger partial charge is 0.465 e. The van der Waals surface area contributed by atoms with Crippen molar-refractivity contribution in [2.24, 2.45) is 11.7 Å². The van der Waals surface area contributed by atoms with Gasteiger partial charge >= 0.3 is 5.97 Å². The van der Waals surface area contributed by atoms with Crippen molar-refractivity contribution in [3.05, 3.63) is 0 Å². The van der Waals surface area contributed by atoms with Crippen LogP contribution in [0.1, 0.15) is 45.4 Å². The molecule has 2 saturated carbocycles. The summed E-state index contributed by atoms with van der Waals surface area (Å²) in [6.45, 7) is 3.01. The lowest BCUT2D eigenvalue weighted by molar-refractivity contribution is -0.149. The van der Waals surface area contributed by atoms with Crippen LogP contribution in [0.15, 0.2) is 0 Å². The Morgan fingerprint density at radius 2 is 2.18 bits per heavy atom. The summed E-state index contributed by atoms with van der Waals surface area (Å²) in [6, 6.07) is 0. The van der Waals surface area contributed by atoms with Crippen molar-refractivity contribution in [1.29, 1.82) is 0 Å².